The van der Waals surface area contributed by atoms with Crippen LogP contribution in [0.4, 0.5) is 0 Å². The quantitative estimate of drug-likeness (QED) is 0.759. The summed E-state index contributed by atoms with van der Waals surface area (Å²) in [5.41, 5.74) is 0.0146. The van der Waals surface area contributed by atoms with Crippen LogP contribution >= 0.6 is 11.6 Å². The summed E-state index contributed by atoms with van der Waals surface area (Å²) in [6.07, 6.45) is 5.54. The van der Waals surface area contributed by atoms with Crippen LogP contribution in [0.25, 0.3) is 0 Å². The summed E-state index contributed by atoms with van der Waals surface area (Å²) in [6, 6.07) is 1.82. The molecule has 1 N–H and O–H groups in total. The zero-order valence-electron chi connectivity index (χ0n) is 9.33. The van der Waals surface area contributed by atoms with Crippen molar-refractivity contribution in [3.05, 3.63) is 24.3 Å². The Morgan fingerprint density at radius 3 is 2.33 bits per heavy atom. The van der Waals surface area contributed by atoms with Gasteiger partial charge in [-0.3, -0.25) is 0 Å². The highest BCUT2D eigenvalue weighted by molar-refractivity contribution is 6.18. The highest BCUT2D eigenvalue weighted by Gasteiger charge is 2.24. The maximum Gasteiger partial charge on any atom is 0.141 e. The predicted molar refractivity (Wildman–Crippen MR) is 62.9 cm³/mol. The van der Waals surface area contributed by atoms with E-state index in [1.165, 1.54) is 0 Å². The monoisotopic (exact) mass is 227 g/mol. The third-order valence-electron chi connectivity index (χ3n) is 2.85. The number of hydrogen-bond acceptors (Lipinski definition) is 3. The van der Waals surface area contributed by atoms with Crippen LogP contribution in [0.1, 0.15) is 32.5 Å². The number of halogens is 1. The van der Waals surface area contributed by atoms with Gasteiger partial charge in [-0.25, -0.2) is 9.97 Å². The average Bonchev–Trinajstić information content (AvgIpc) is 2.33. The van der Waals surface area contributed by atoms with Gasteiger partial charge in [0.1, 0.15) is 5.82 Å². The Hall–Kier alpha value is -0.670. The van der Waals surface area contributed by atoms with E-state index >= 15 is 0 Å². The number of hydrogen-bond donors (Lipinski definition) is 1. The van der Waals surface area contributed by atoms with Gasteiger partial charge in [-0.05, 0) is 18.9 Å². The standard InChI is InChI=1S/C11H18ClN3/c1-3-11(4-2,9-12)15-8-10-13-6-5-7-14-10/h5-7,15H,3-4,8-9H2,1-2H3. The van der Waals surface area contributed by atoms with Gasteiger partial charge in [0.25, 0.3) is 0 Å². The van der Waals surface area contributed by atoms with Crippen LogP contribution in [-0.2, 0) is 6.54 Å². The molecule has 0 spiro atoms. The van der Waals surface area contributed by atoms with E-state index in [0.29, 0.717) is 12.4 Å². The van der Waals surface area contributed by atoms with Crippen molar-refractivity contribution in [1.29, 1.82) is 0 Å². The summed E-state index contributed by atoms with van der Waals surface area (Å²) >= 11 is 5.99. The normalized spacial score (nSPS) is 11.7. The van der Waals surface area contributed by atoms with Crippen LogP contribution in [0.5, 0.6) is 0 Å². The molecule has 0 aromatic carbocycles. The van der Waals surface area contributed by atoms with Crippen molar-refractivity contribution >= 4 is 11.6 Å². The lowest BCUT2D eigenvalue weighted by Crippen LogP contribution is -2.45. The largest absolute Gasteiger partial charge is 0.303 e. The molecule has 4 heteroatoms. The van der Waals surface area contributed by atoms with Gasteiger partial charge in [0, 0.05) is 23.8 Å². The molecular formula is C11H18ClN3. The van der Waals surface area contributed by atoms with E-state index in [1.807, 2.05) is 6.07 Å². The summed E-state index contributed by atoms with van der Waals surface area (Å²) in [5.74, 6) is 1.43. The fraction of sp³-hybridized carbons (Fsp3) is 0.636. The Morgan fingerprint density at radius 1 is 1.27 bits per heavy atom. The Kier molecular flexibility index (Phi) is 4.99. The van der Waals surface area contributed by atoms with E-state index in [1.54, 1.807) is 12.4 Å². The first-order chi connectivity index (χ1) is 7.26. The molecule has 1 rings (SSSR count). The van der Waals surface area contributed by atoms with Gasteiger partial charge in [0.05, 0.1) is 6.54 Å². The minimum absolute atomic E-state index is 0.0146. The maximum atomic E-state index is 5.99. The molecular weight excluding hydrogens is 210 g/mol. The molecule has 0 unspecified atom stereocenters. The topological polar surface area (TPSA) is 37.8 Å². The summed E-state index contributed by atoms with van der Waals surface area (Å²) in [4.78, 5) is 8.34. The smallest absolute Gasteiger partial charge is 0.141 e. The number of nitrogens with one attached hydrogen (secondary N) is 1. The molecule has 0 saturated heterocycles. The van der Waals surface area contributed by atoms with E-state index in [0.717, 1.165) is 18.7 Å². The van der Waals surface area contributed by atoms with Gasteiger partial charge >= 0.3 is 0 Å². The van der Waals surface area contributed by atoms with Crippen molar-refractivity contribution in [3.63, 3.8) is 0 Å². The Morgan fingerprint density at radius 2 is 1.87 bits per heavy atom. The van der Waals surface area contributed by atoms with Crippen LogP contribution < -0.4 is 5.32 Å². The molecule has 1 aromatic rings. The van der Waals surface area contributed by atoms with E-state index < -0.39 is 0 Å². The second-order valence-electron chi connectivity index (χ2n) is 3.64. The fourth-order valence-electron chi connectivity index (χ4n) is 1.42. The molecule has 1 heterocycles. The van der Waals surface area contributed by atoms with Gasteiger partial charge in [-0.1, -0.05) is 13.8 Å². The van der Waals surface area contributed by atoms with Gasteiger partial charge in [0.15, 0.2) is 0 Å². The Bertz CT molecular complexity index is 264. The minimum Gasteiger partial charge on any atom is -0.303 e. The van der Waals surface area contributed by atoms with Crippen LogP contribution in [0.2, 0.25) is 0 Å². The third-order valence-corrected chi connectivity index (χ3v) is 3.36. The highest BCUT2D eigenvalue weighted by Crippen LogP contribution is 2.17. The molecule has 3 nitrogen and oxygen atoms in total. The molecule has 1 aromatic heterocycles. The van der Waals surface area contributed by atoms with Gasteiger partial charge in [-0.2, -0.15) is 0 Å². The second kappa shape index (κ2) is 6.03. The number of rotatable bonds is 6. The lowest BCUT2D eigenvalue weighted by atomic mass is 9.95. The van der Waals surface area contributed by atoms with Gasteiger partial charge < -0.3 is 5.32 Å². The molecule has 0 amide bonds. The summed E-state index contributed by atoms with van der Waals surface area (Å²) < 4.78 is 0. The first-order valence-corrected chi connectivity index (χ1v) is 5.86. The lowest BCUT2D eigenvalue weighted by molar-refractivity contribution is 0.330. The van der Waals surface area contributed by atoms with Crippen molar-refractivity contribution in [2.75, 3.05) is 5.88 Å². The minimum atomic E-state index is 0.0146. The van der Waals surface area contributed by atoms with Crippen molar-refractivity contribution in [2.24, 2.45) is 0 Å². The van der Waals surface area contributed by atoms with Gasteiger partial charge in [0.2, 0.25) is 0 Å². The van der Waals surface area contributed by atoms with Crippen LogP contribution in [0.15, 0.2) is 18.5 Å². The molecule has 0 aliphatic heterocycles. The molecule has 0 bridgehead atoms. The number of aromatic nitrogens is 2. The maximum absolute atomic E-state index is 5.99. The molecule has 15 heavy (non-hydrogen) atoms. The zero-order valence-corrected chi connectivity index (χ0v) is 10.1. The van der Waals surface area contributed by atoms with Gasteiger partial charge in [-0.15, -0.1) is 11.6 Å². The molecule has 0 saturated carbocycles. The van der Waals surface area contributed by atoms with E-state index in [2.05, 4.69) is 29.1 Å². The third kappa shape index (κ3) is 3.43. The number of nitrogens with zero attached hydrogens (tertiary/aromatic N) is 2. The highest BCUT2D eigenvalue weighted by atomic mass is 35.5. The molecule has 0 fully saturated rings. The molecule has 0 atom stereocenters. The molecule has 0 aliphatic carbocycles. The molecule has 0 radical (unpaired) electrons. The zero-order chi connectivity index (χ0) is 11.1. The van der Waals surface area contributed by atoms with E-state index in [-0.39, 0.29) is 5.54 Å². The van der Waals surface area contributed by atoms with E-state index in [9.17, 15) is 0 Å². The van der Waals surface area contributed by atoms with Crippen LogP contribution in [0, 0.1) is 0 Å². The first-order valence-electron chi connectivity index (χ1n) is 5.33. The van der Waals surface area contributed by atoms with Crippen molar-refractivity contribution in [1.82, 2.24) is 15.3 Å². The Balaban J connectivity index is 2.54. The summed E-state index contributed by atoms with van der Waals surface area (Å²) in [7, 11) is 0. The number of alkyl halides is 1. The predicted octanol–water partition coefficient (Wildman–Crippen LogP) is 2.36. The second-order valence-corrected chi connectivity index (χ2v) is 3.91. The lowest BCUT2D eigenvalue weighted by Gasteiger charge is -2.30. The summed E-state index contributed by atoms with van der Waals surface area (Å²) in [5, 5.41) is 3.44. The van der Waals surface area contributed by atoms with Crippen molar-refractivity contribution < 1.29 is 0 Å². The first kappa shape index (κ1) is 12.4. The Labute approximate surface area is 96.3 Å². The van der Waals surface area contributed by atoms with Crippen LogP contribution in [-0.4, -0.2) is 21.4 Å². The molecule has 0 aliphatic rings. The summed E-state index contributed by atoms with van der Waals surface area (Å²) in [6.45, 7) is 4.96. The fourth-order valence-corrected chi connectivity index (χ4v) is 1.90. The van der Waals surface area contributed by atoms with Crippen molar-refractivity contribution in [2.45, 2.75) is 38.8 Å². The van der Waals surface area contributed by atoms with Crippen LogP contribution in [0.3, 0.4) is 0 Å². The average molecular weight is 228 g/mol. The SMILES string of the molecule is CCC(CC)(CCl)NCc1ncccn1. The van der Waals surface area contributed by atoms with Crippen molar-refractivity contribution in [3.8, 4) is 0 Å². The molecule has 84 valence electrons. The van der Waals surface area contributed by atoms with E-state index in [4.69, 9.17) is 11.6 Å².